The second-order valence-corrected chi connectivity index (χ2v) is 6.28. The maximum absolute atomic E-state index is 12.1. The molecule has 0 saturated heterocycles. The molecule has 8 heteroatoms. The Morgan fingerprint density at radius 1 is 1.00 bits per heavy atom. The topological polar surface area (TPSA) is 109 Å². The van der Waals surface area contributed by atoms with Gasteiger partial charge in [0.05, 0.1) is 23.8 Å². The first-order valence-corrected chi connectivity index (χ1v) is 8.55. The molecular formula is C20H15ClN2O5. The van der Waals surface area contributed by atoms with E-state index in [0.29, 0.717) is 0 Å². The van der Waals surface area contributed by atoms with Crippen LogP contribution in [0.5, 0.6) is 0 Å². The van der Waals surface area contributed by atoms with Crippen molar-refractivity contribution in [2.24, 2.45) is 0 Å². The molecule has 1 heterocycles. The van der Waals surface area contributed by atoms with Crippen molar-refractivity contribution in [3.63, 3.8) is 0 Å². The van der Waals surface area contributed by atoms with Crippen LogP contribution in [0.3, 0.4) is 0 Å². The number of carbonyl (C=O) groups excluding carboxylic acids is 2. The van der Waals surface area contributed by atoms with Gasteiger partial charge in [0.15, 0.2) is 0 Å². The molecule has 2 aromatic carbocycles. The van der Waals surface area contributed by atoms with Crippen LogP contribution in [-0.4, -0.2) is 22.9 Å². The van der Waals surface area contributed by atoms with Gasteiger partial charge in [-0.05, 0) is 41.5 Å². The molecule has 3 N–H and O–H groups in total. The lowest BCUT2D eigenvalue weighted by atomic mass is 10.1. The average Bonchev–Trinajstić information content (AvgIpc) is 3.22. The number of hydrogen-bond acceptors (Lipinski definition) is 4. The number of aromatic carboxylic acids is 1. The van der Waals surface area contributed by atoms with Crippen LogP contribution in [-0.2, 0) is 16.1 Å². The summed E-state index contributed by atoms with van der Waals surface area (Å²) in [7, 11) is 0. The zero-order valence-electron chi connectivity index (χ0n) is 14.4. The first kappa shape index (κ1) is 19.2. The smallest absolute Gasteiger partial charge is 0.337 e. The lowest BCUT2D eigenvalue weighted by molar-refractivity contribution is -0.136. The van der Waals surface area contributed by atoms with Crippen LogP contribution < -0.4 is 10.6 Å². The quantitative estimate of drug-likeness (QED) is 0.569. The van der Waals surface area contributed by atoms with Crippen LogP contribution >= 0.6 is 11.6 Å². The van der Waals surface area contributed by atoms with Crippen molar-refractivity contribution in [2.45, 2.75) is 6.54 Å². The molecule has 0 unspecified atom stereocenters. The Kier molecular flexibility index (Phi) is 5.76. The first-order valence-electron chi connectivity index (χ1n) is 8.17. The van der Waals surface area contributed by atoms with E-state index in [1.54, 1.807) is 12.5 Å². The SMILES string of the molecule is O=C(NCc1cccc(-c2ccoc2)c1)C(=O)Nc1ccc(Cl)cc1C(=O)O. The lowest BCUT2D eigenvalue weighted by Gasteiger charge is -2.10. The fourth-order valence-electron chi connectivity index (χ4n) is 2.53. The van der Waals surface area contributed by atoms with Gasteiger partial charge in [0, 0.05) is 17.1 Å². The summed E-state index contributed by atoms with van der Waals surface area (Å²) in [6.07, 6.45) is 3.17. The molecule has 7 nitrogen and oxygen atoms in total. The molecule has 3 rings (SSSR count). The van der Waals surface area contributed by atoms with Crippen molar-refractivity contribution < 1.29 is 23.9 Å². The normalized spacial score (nSPS) is 10.3. The summed E-state index contributed by atoms with van der Waals surface area (Å²) in [6, 6.07) is 13.2. The van der Waals surface area contributed by atoms with Gasteiger partial charge in [-0.1, -0.05) is 29.8 Å². The monoisotopic (exact) mass is 398 g/mol. The Balaban J connectivity index is 1.64. The molecule has 142 valence electrons. The maximum Gasteiger partial charge on any atom is 0.337 e. The number of nitrogens with one attached hydrogen (secondary N) is 2. The molecule has 0 fully saturated rings. The van der Waals surface area contributed by atoms with Gasteiger partial charge in [-0.2, -0.15) is 0 Å². The van der Waals surface area contributed by atoms with Crippen molar-refractivity contribution in [2.75, 3.05) is 5.32 Å². The predicted molar refractivity (Wildman–Crippen MR) is 103 cm³/mol. The number of rotatable bonds is 5. The summed E-state index contributed by atoms with van der Waals surface area (Å²) in [5.74, 6) is -3.13. The van der Waals surface area contributed by atoms with E-state index in [-0.39, 0.29) is 22.8 Å². The van der Waals surface area contributed by atoms with Gasteiger partial charge in [-0.15, -0.1) is 0 Å². The molecule has 0 radical (unpaired) electrons. The average molecular weight is 399 g/mol. The van der Waals surface area contributed by atoms with Crippen molar-refractivity contribution in [3.05, 3.63) is 77.2 Å². The third-order valence-corrected chi connectivity index (χ3v) is 4.14. The van der Waals surface area contributed by atoms with E-state index in [1.165, 1.54) is 18.2 Å². The number of hydrogen-bond donors (Lipinski definition) is 3. The number of carbonyl (C=O) groups is 3. The van der Waals surface area contributed by atoms with E-state index >= 15 is 0 Å². The van der Waals surface area contributed by atoms with Crippen LogP contribution in [0.2, 0.25) is 5.02 Å². The highest BCUT2D eigenvalue weighted by Gasteiger charge is 2.18. The van der Waals surface area contributed by atoms with Gasteiger partial charge in [-0.3, -0.25) is 9.59 Å². The van der Waals surface area contributed by atoms with Crippen molar-refractivity contribution in [3.8, 4) is 11.1 Å². The second-order valence-electron chi connectivity index (χ2n) is 5.84. The summed E-state index contributed by atoms with van der Waals surface area (Å²) in [6.45, 7) is 0.129. The highest BCUT2D eigenvalue weighted by molar-refractivity contribution is 6.40. The molecular weight excluding hydrogens is 384 g/mol. The zero-order chi connectivity index (χ0) is 20.1. The van der Waals surface area contributed by atoms with E-state index in [1.807, 2.05) is 30.3 Å². The highest BCUT2D eigenvalue weighted by atomic mass is 35.5. The molecule has 0 saturated carbocycles. The maximum atomic E-state index is 12.1. The fourth-order valence-corrected chi connectivity index (χ4v) is 2.71. The summed E-state index contributed by atoms with van der Waals surface area (Å²) in [5, 5.41) is 14.2. The molecule has 0 atom stereocenters. The Labute approximate surface area is 164 Å². The number of carboxylic acid groups (broad SMARTS) is 1. The van der Waals surface area contributed by atoms with E-state index in [9.17, 15) is 19.5 Å². The second kappa shape index (κ2) is 8.41. The van der Waals surface area contributed by atoms with Gasteiger partial charge in [0.25, 0.3) is 0 Å². The van der Waals surface area contributed by atoms with Gasteiger partial charge < -0.3 is 20.2 Å². The third-order valence-electron chi connectivity index (χ3n) is 3.90. The minimum atomic E-state index is -1.27. The first-order chi connectivity index (χ1) is 13.4. The molecule has 0 aliphatic carbocycles. The predicted octanol–water partition coefficient (Wildman–Crippen LogP) is 3.55. The number of carboxylic acids is 1. The third kappa shape index (κ3) is 4.57. The minimum absolute atomic E-state index is 0.0148. The summed E-state index contributed by atoms with van der Waals surface area (Å²) in [5.41, 5.74) is 2.38. The van der Waals surface area contributed by atoms with Crippen LogP contribution in [0, 0.1) is 0 Å². The molecule has 1 aromatic heterocycles. The van der Waals surface area contributed by atoms with Gasteiger partial charge in [-0.25, -0.2) is 4.79 Å². The van der Waals surface area contributed by atoms with Crippen LogP contribution in [0.1, 0.15) is 15.9 Å². The molecule has 0 bridgehead atoms. The molecule has 0 spiro atoms. The van der Waals surface area contributed by atoms with E-state index < -0.39 is 17.8 Å². The number of halogens is 1. The van der Waals surface area contributed by atoms with Crippen LogP contribution in [0.15, 0.2) is 65.5 Å². The number of furan rings is 1. The van der Waals surface area contributed by atoms with E-state index in [0.717, 1.165) is 16.7 Å². The molecule has 0 aliphatic heterocycles. The minimum Gasteiger partial charge on any atom is -0.478 e. The Bertz CT molecular complexity index is 1030. The van der Waals surface area contributed by atoms with Gasteiger partial charge in [0.1, 0.15) is 0 Å². The Morgan fingerprint density at radius 3 is 2.54 bits per heavy atom. The lowest BCUT2D eigenvalue weighted by Crippen LogP contribution is -2.35. The van der Waals surface area contributed by atoms with Crippen LogP contribution in [0.4, 0.5) is 5.69 Å². The molecule has 0 aliphatic rings. The summed E-state index contributed by atoms with van der Waals surface area (Å²) in [4.78, 5) is 35.4. The van der Waals surface area contributed by atoms with E-state index in [2.05, 4.69) is 10.6 Å². The number of amides is 2. The highest BCUT2D eigenvalue weighted by Crippen LogP contribution is 2.22. The molecule has 2 amide bonds. The molecule has 28 heavy (non-hydrogen) atoms. The van der Waals surface area contributed by atoms with Crippen molar-refractivity contribution in [1.82, 2.24) is 5.32 Å². The van der Waals surface area contributed by atoms with E-state index in [4.69, 9.17) is 16.0 Å². The summed E-state index contributed by atoms with van der Waals surface area (Å²) < 4.78 is 5.06. The van der Waals surface area contributed by atoms with Crippen molar-refractivity contribution in [1.29, 1.82) is 0 Å². The van der Waals surface area contributed by atoms with Crippen LogP contribution in [0.25, 0.3) is 11.1 Å². The fraction of sp³-hybridized carbons (Fsp3) is 0.0500. The van der Waals surface area contributed by atoms with Gasteiger partial charge in [0.2, 0.25) is 0 Å². The molecule has 3 aromatic rings. The largest absolute Gasteiger partial charge is 0.478 e. The Morgan fingerprint density at radius 2 is 1.82 bits per heavy atom. The van der Waals surface area contributed by atoms with Gasteiger partial charge >= 0.3 is 17.8 Å². The zero-order valence-corrected chi connectivity index (χ0v) is 15.2. The summed E-state index contributed by atoms with van der Waals surface area (Å²) >= 11 is 5.77. The Hall–Kier alpha value is -3.58. The standard InChI is InChI=1S/C20H15ClN2O5/c21-15-4-5-17(16(9-15)20(26)27)23-19(25)18(24)22-10-12-2-1-3-13(8-12)14-6-7-28-11-14/h1-9,11H,10H2,(H,22,24)(H,23,25)(H,26,27). The number of benzene rings is 2. The van der Waals surface area contributed by atoms with Crippen molar-refractivity contribution >= 4 is 35.1 Å². The number of anilines is 1.